The van der Waals surface area contributed by atoms with Crippen LogP contribution in [0.2, 0.25) is 0 Å². The van der Waals surface area contributed by atoms with Crippen molar-refractivity contribution in [2.24, 2.45) is 5.92 Å². The van der Waals surface area contributed by atoms with Gasteiger partial charge < -0.3 is 14.2 Å². The van der Waals surface area contributed by atoms with Crippen molar-refractivity contribution < 1.29 is 19.0 Å². The van der Waals surface area contributed by atoms with E-state index in [2.05, 4.69) is 0 Å². The van der Waals surface area contributed by atoms with Crippen LogP contribution >= 0.6 is 0 Å². The van der Waals surface area contributed by atoms with Crippen molar-refractivity contribution in [3.63, 3.8) is 0 Å². The van der Waals surface area contributed by atoms with Gasteiger partial charge in [0, 0.05) is 6.61 Å². The summed E-state index contributed by atoms with van der Waals surface area (Å²) < 4.78 is 15.5. The van der Waals surface area contributed by atoms with Gasteiger partial charge in [0.05, 0.1) is 19.3 Å². The van der Waals surface area contributed by atoms with Crippen LogP contribution in [-0.2, 0) is 19.0 Å². The summed E-state index contributed by atoms with van der Waals surface area (Å²) in [5.74, 6) is 0.0776. The lowest BCUT2D eigenvalue weighted by atomic mass is 10.2. The molecule has 1 aliphatic heterocycles. The zero-order valence-electron chi connectivity index (χ0n) is 9.53. The molecule has 0 aromatic carbocycles. The molecule has 88 valence electrons. The van der Waals surface area contributed by atoms with Gasteiger partial charge in [-0.05, 0) is 18.8 Å². The quantitative estimate of drug-likeness (QED) is 0.629. The molecule has 0 N–H and O–H groups in total. The number of rotatable bonds is 6. The van der Waals surface area contributed by atoms with E-state index in [0.717, 1.165) is 19.4 Å². The van der Waals surface area contributed by atoms with E-state index in [0.29, 0.717) is 19.1 Å². The standard InChI is InChI=1S/C11H20O4/c1-9(2)6-15-11(12)8-13-7-10-4-3-5-14-10/h9-10H,3-8H2,1-2H3. The minimum absolute atomic E-state index is 0.0343. The van der Waals surface area contributed by atoms with Gasteiger partial charge in [-0.1, -0.05) is 13.8 Å². The lowest BCUT2D eigenvalue weighted by Crippen LogP contribution is -2.20. The van der Waals surface area contributed by atoms with Crippen LogP contribution in [0.1, 0.15) is 26.7 Å². The van der Waals surface area contributed by atoms with E-state index in [4.69, 9.17) is 14.2 Å². The van der Waals surface area contributed by atoms with Gasteiger partial charge in [0.25, 0.3) is 0 Å². The Morgan fingerprint density at radius 1 is 1.53 bits per heavy atom. The molecule has 1 atom stereocenters. The highest BCUT2D eigenvalue weighted by Gasteiger charge is 2.16. The second-order valence-electron chi connectivity index (χ2n) is 4.23. The van der Waals surface area contributed by atoms with Crippen LogP contribution < -0.4 is 0 Å². The molecule has 0 bridgehead atoms. The van der Waals surface area contributed by atoms with Crippen molar-refractivity contribution in [1.29, 1.82) is 0 Å². The van der Waals surface area contributed by atoms with Gasteiger partial charge in [0.2, 0.25) is 0 Å². The molecule has 1 unspecified atom stereocenters. The third kappa shape index (κ3) is 5.74. The Bertz CT molecular complexity index is 185. The Balaban J connectivity index is 1.96. The molecule has 1 fully saturated rings. The van der Waals surface area contributed by atoms with E-state index in [1.165, 1.54) is 0 Å². The Hall–Kier alpha value is -0.610. The molecule has 1 rings (SSSR count). The number of esters is 1. The van der Waals surface area contributed by atoms with Crippen molar-refractivity contribution in [3.8, 4) is 0 Å². The van der Waals surface area contributed by atoms with Crippen LogP contribution in [0.25, 0.3) is 0 Å². The molecular formula is C11H20O4. The molecule has 1 saturated heterocycles. The third-order valence-corrected chi connectivity index (χ3v) is 2.13. The summed E-state index contributed by atoms with van der Waals surface area (Å²) >= 11 is 0. The summed E-state index contributed by atoms with van der Waals surface area (Å²) in [7, 11) is 0. The zero-order valence-corrected chi connectivity index (χ0v) is 9.53. The third-order valence-electron chi connectivity index (χ3n) is 2.13. The molecule has 0 saturated carbocycles. The summed E-state index contributed by atoms with van der Waals surface area (Å²) in [5, 5.41) is 0. The van der Waals surface area contributed by atoms with Gasteiger partial charge in [0.1, 0.15) is 6.61 Å². The lowest BCUT2D eigenvalue weighted by molar-refractivity contribution is -0.151. The molecule has 1 aliphatic rings. The van der Waals surface area contributed by atoms with Gasteiger partial charge in [-0.2, -0.15) is 0 Å². The van der Waals surface area contributed by atoms with Crippen LogP contribution in [0.3, 0.4) is 0 Å². The second kappa shape index (κ2) is 6.80. The van der Waals surface area contributed by atoms with Crippen LogP contribution in [0, 0.1) is 5.92 Å². The summed E-state index contributed by atoms with van der Waals surface area (Å²) in [6.07, 6.45) is 2.29. The number of hydrogen-bond acceptors (Lipinski definition) is 4. The van der Waals surface area contributed by atoms with E-state index in [1.54, 1.807) is 0 Å². The minimum atomic E-state index is -0.290. The predicted octanol–water partition coefficient (Wildman–Crippen LogP) is 1.38. The molecule has 15 heavy (non-hydrogen) atoms. The van der Waals surface area contributed by atoms with Gasteiger partial charge >= 0.3 is 5.97 Å². The fourth-order valence-corrected chi connectivity index (χ4v) is 1.35. The maximum absolute atomic E-state index is 11.1. The molecule has 0 spiro atoms. The topological polar surface area (TPSA) is 44.8 Å². The highest BCUT2D eigenvalue weighted by Crippen LogP contribution is 2.11. The maximum atomic E-state index is 11.1. The normalized spacial score (nSPS) is 20.9. The lowest BCUT2D eigenvalue weighted by Gasteiger charge is -2.10. The first-order chi connectivity index (χ1) is 7.18. The van der Waals surface area contributed by atoms with Crippen LogP contribution in [0.15, 0.2) is 0 Å². The van der Waals surface area contributed by atoms with Crippen molar-refractivity contribution in [1.82, 2.24) is 0 Å². The first-order valence-electron chi connectivity index (χ1n) is 5.53. The fraction of sp³-hybridized carbons (Fsp3) is 0.909. The van der Waals surface area contributed by atoms with Crippen molar-refractivity contribution in [2.45, 2.75) is 32.8 Å². The SMILES string of the molecule is CC(C)COC(=O)COCC1CCCO1. The monoisotopic (exact) mass is 216 g/mol. The Kier molecular flexibility index (Phi) is 5.65. The molecule has 0 radical (unpaired) electrons. The average molecular weight is 216 g/mol. The van der Waals surface area contributed by atoms with E-state index < -0.39 is 0 Å². The molecular weight excluding hydrogens is 196 g/mol. The number of ether oxygens (including phenoxy) is 3. The summed E-state index contributed by atoms with van der Waals surface area (Å²) in [6, 6.07) is 0. The zero-order chi connectivity index (χ0) is 11.1. The maximum Gasteiger partial charge on any atom is 0.332 e. The molecule has 1 heterocycles. The Morgan fingerprint density at radius 3 is 2.93 bits per heavy atom. The highest BCUT2D eigenvalue weighted by atomic mass is 16.6. The molecule has 0 aliphatic carbocycles. The van der Waals surface area contributed by atoms with E-state index in [-0.39, 0.29) is 18.7 Å². The minimum Gasteiger partial charge on any atom is -0.464 e. The van der Waals surface area contributed by atoms with Gasteiger partial charge in [-0.15, -0.1) is 0 Å². The van der Waals surface area contributed by atoms with Crippen molar-refractivity contribution in [3.05, 3.63) is 0 Å². The largest absolute Gasteiger partial charge is 0.464 e. The van der Waals surface area contributed by atoms with Crippen LogP contribution in [0.5, 0.6) is 0 Å². The van der Waals surface area contributed by atoms with E-state index >= 15 is 0 Å². The fourth-order valence-electron chi connectivity index (χ4n) is 1.35. The van der Waals surface area contributed by atoms with Crippen molar-refractivity contribution in [2.75, 3.05) is 26.4 Å². The van der Waals surface area contributed by atoms with Gasteiger partial charge in [-0.25, -0.2) is 4.79 Å². The Morgan fingerprint density at radius 2 is 2.33 bits per heavy atom. The first-order valence-corrected chi connectivity index (χ1v) is 5.53. The molecule has 0 aromatic heterocycles. The average Bonchev–Trinajstić information content (AvgIpc) is 2.67. The number of carbonyl (C=O) groups excluding carboxylic acids is 1. The summed E-state index contributed by atoms with van der Waals surface area (Å²) in [4.78, 5) is 11.1. The van der Waals surface area contributed by atoms with E-state index in [9.17, 15) is 4.79 Å². The predicted molar refractivity (Wildman–Crippen MR) is 55.6 cm³/mol. The molecule has 4 nitrogen and oxygen atoms in total. The smallest absolute Gasteiger partial charge is 0.332 e. The molecule has 0 aromatic rings. The highest BCUT2D eigenvalue weighted by molar-refractivity contribution is 5.70. The van der Waals surface area contributed by atoms with Gasteiger partial charge in [-0.3, -0.25) is 0 Å². The van der Waals surface area contributed by atoms with Gasteiger partial charge in [0.15, 0.2) is 0 Å². The summed E-state index contributed by atoms with van der Waals surface area (Å²) in [6.45, 7) is 5.80. The van der Waals surface area contributed by atoms with E-state index in [1.807, 2.05) is 13.8 Å². The molecule has 4 heteroatoms. The second-order valence-corrected chi connectivity index (χ2v) is 4.23. The number of carbonyl (C=O) groups is 1. The molecule has 0 amide bonds. The van der Waals surface area contributed by atoms with Crippen LogP contribution in [-0.4, -0.2) is 38.5 Å². The Labute approximate surface area is 90.9 Å². The first kappa shape index (κ1) is 12.5. The number of hydrogen-bond donors (Lipinski definition) is 0. The van der Waals surface area contributed by atoms with Crippen LogP contribution in [0.4, 0.5) is 0 Å². The summed E-state index contributed by atoms with van der Waals surface area (Å²) in [5.41, 5.74) is 0. The van der Waals surface area contributed by atoms with Crippen molar-refractivity contribution >= 4 is 5.97 Å².